The van der Waals surface area contributed by atoms with Crippen molar-refractivity contribution in [3.05, 3.63) is 52.5 Å². The predicted octanol–water partition coefficient (Wildman–Crippen LogP) is 3.21. The van der Waals surface area contributed by atoms with Crippen molar-refractivity contribution in [2.75, 3.05) is 13.1 Å². The van der Waals surface area contributed by atoms with E-state index in [4.69, 9.17) is 11.6 Å². The van der Waals surface area contributed by atoms with Gasteiger partial charge in [0.2, 0.25) is 15.9 Å². The van der Waals surface area contributed by atoms with Crippen molar-refractivity contribution in [1.82, 2.24) is 24.7 Å². The highest BCUT2D eigenvalue weighted by Gasteiger charge is 2.24. The van der Waals surface area contributed by atoms with E-state index in [1.54, 1.807) is 16.8 Å². The molecule has 0 saturated heterocycles. The summed E-state index contributed by atoms with van der Waals surface area (Å²) >= 11 is 7.23. The molecule has 0 bridgehead atoms. The lowest BCUT2D eigenvalue weighted by atomic mass is 10.0. The molecule has 2 heterocycles. The molecule has 13 heteroatoms. The zero-order chi connectivity index (χ0) is 25.6. The highest BCUT2D eigenvalue weighted by Crippen LogP contribution is 2.22. The van der Waals surface area contributed by atoms with Gasteiger partial charge in [-0.3, -0.25) is 14.0 Å². The van der Waals surface area contributed by atoms with Crippen LogP contribution in [-0.2, 0) is 14.8 Å². The van der Waals surface area contributed by atoms with E-state index in [1.807, 2.05) is 19.2 Å². The predicted molar refractivity (Wildman–Crippen MR) is 133 cm³/mol. The third-order valence-corrected chi connectivity index (χ3v) is 7.75. The molecule has 0 saturated carbocycles. The van der Waals surface area contributed by atoms with E-state index in [0.29, 0.717) is 30.8 Å². The molecule has 0 aliphatic rings. The summed E-state index contributed by atoms with van der Waals surface area (Å²) in [5, 5.41) is 7.22. The fourth-order valence-electron chi connectivity index (χ4n) is 3.33. The Morgan fingerprint density at radius 2 is 1.97 bits per heavy atom. The van der Waals surface area contributed by atoms with Gasteiger partial charge >= 0.3 is 0 Å². The normalized spacial score (nSPS) is 12.7. The molecule has 35 heavy (non-hydrogen) atoms. The number of hydrogen-bond acceptors (Lipinski definition) is 6. The fourth-order valence-corrected chi connectivity index (χ4v) is 5.64. The van der Waals surface area contributed by atoms with Crippen LogP contribution in [-0.4, -0.2) is 48.7 Å². The van der Waals surface area contributed by atoms with Crippen LogP contribution in [0, 0.1) is 11.7 Å². The second kappa shape index (κ2) is 11.9. The van der Waals surface area contributed by atoms with Crippen LogP contribution in [0.15, 0.2) is 40.9 Å². The second-order valence-electron chi connectivity index (χ2n) is 8.35. The van der Waals surface area contributed by atoms with Crippen LogP contribution in [0.25, 0.3) is 4.96 Å². The van der Waals surface area contributed by atoms with Crippen molar-refractivity contribution >= 4 is 49.7 Å². The van der Waals surface area contributed by atoms with Gasteiger partial charge in [0, 0.05) is 30.9 Å². The van der Waals surface area contributed by atoms with Gasteiger partial charge in [-0.2, -0.15) is 0 Å². The summed E-state index contributed by atoms with van der Waals surface area (Å²) in [5.74, 6) is -1.19. The second-order valence-corrected chi connectivity index (χ2v) is 11.4. The van der Waals surface area contributed by atoms with Gasteiger partial charge in [-0.15, -0.1) is 11.3 Å². The van der Waals surface area contributed by atoms with Crippen molar-refractivity contribution in [1.29, 1.82) is 0 Å². The number of carbonyl (C=O) groups is 2. The molecule has 9 nitrogen and oxygen atoms in total. The van der Waals surface area contributed by atoms with E-state index in [9.17, 15) is 22.4 Å². The quantitative estimate of drug-likeness (QED) is 0.303. The first kappa shape index (κ1) is 27.1. The third-order valence-electron chi connectivity index (χ3n) is 5.03. The van der Waals surface area contributed by atoms with E-state index in [1.165, 1.54) is 11.3 Å². The monoisotopic (exact) mass is 543 g/mol. The van der Waals surface area contributed by atoms with Gasteiger partial charge in [-0.1, -0.05) is 25.4 Å². The van der Waals surface area contributed by atoms with Crippen molar-refractivity contribution < 1.29 is 22.4 Å². The Kier molecular flexibility index (Phi) is 9.22. The van der Waals surface area contributed by atoms with Crippen molar-refractivity contribution in [3.63, 3.8) is 0 Å². The Hall–Kier alpha value is -2.54. The number of benzene rings is 1. The molecule has 0 spiro atoms. The van der Waals surface area contributed by atoms with Crippen molar-refractivity contribution in [2.24, 2.45) is 5.92 Å². The van der Waals surface area contributed by atoms with Crippen molar-refractivity contribution in [3.8, 4) is 0 Å². The molecule has 2 aromatic heterocycles. The van der Waals surface area contributed by atoms with Crippen LogP contribution in [0.5, 0.6) is 0 Å². The molecule has 190 valence electrons. The molecule has 3 rings (SSSR count). The summed E-state index contributed by atoms with van der Waals surface area (Å²) < 4.78 is 41.9. The minimum Gasteiger partial charge on any atom is -0.354 e. The number of hydrogen-bond donors (Lipinski definition) is 3. The smallest absolute Gasteiger partial charge is 0.272 e. The Morgan fingerprint density at radius 3 is 2.66 bits per heavy atom. The summed E-state index contributed by atoms with van der Waals surface area (Å²) in [7, 11) is -3.87. The summed E-state index contributed by atoms with van der Waals surface area (Å²) in [6.07, 6.45) is 4.83. The van der Waals surface area contributed by atoms with Gasteiger partial charge in [0.15, 0.2) is 4.96 Å². The van der Waals surface area contributed by atoms with E-state index >= 15 is 0 Å². The zero-order valence-corrected chi connectivity index (χ0v) is 21.6. The van der Waals surface area contributed by atoms with E-state index in [0.717, 1.165) is 18.2 Å². The highest BCUT2D eigenvalue weighted by molar-refractivity contribution is 7.89. The van der Waals surface area contributed by atoms with Gasteiger partial charge in [0.05, 0.1) is 5.02 Å². The Balaban J connectivity index is 1.45. The Labute approximate surface area is 212 Å². The fraction of sp³-hybridized carbons (Fsp3) is 0.409. The first-order valence-corrected chi connectivity index (χ1v) is 13.8. The molecule has 1 aromatic carbocycles. The minimum absolute atomic E-state index is 0.121. The standard InChI is InChI=1S/C22H27ClFN5O4S2/c1-14(2)11-17(27-21(31)18-13-29-9-10-34-22(29)28-18)20(30)25-7-3-4-8-26-35(32,33)19-6-5-15(24)12-16(19)23/h5-6,9-10,12-14,17,26H,3-4,7-8,11H2,1-2H3,(H,25,30)(H,27,31)/t17-/m0/s1. The lowest BCUT2D eigenvalue weighted by Crippen LogP contribution is -2.47. The molecule has 1 atom stereocenters. The van der Waals surface area contributed by atoms with Gasteiger partial charge in [0.1, 0.15) is 22.4 Å². The summed E-state index contributed by atoms with van der Waals surface area (Å²) in [6, 6.07) is 2.35. The molecule has 0 aliphatic heterocycles. The maximum absolute atomic E-state index is 13.1. The first-order valence-electron chi connectivity index (χ1n) is 11.0. The van der Waals surface area contributed by atoms with Crippen LogP contribution in [0.4, 0.5) is 4.39 Å². The number of sulfonamides is 1. The Bertz CT molecular complexity index is 1260. The van der Waals surface area contributed by atoms with Crippen LogP contribution in [0.2, 0.25) is 5.02 Å². The molecule has 3 aromatic rings. The SMILES string of the molecule is CC(C)C[C@H](NC(=O)c1cn2ccsc2n1)C(=O)NCCCCNS(=O)(=O)c1ccc(F)cc1Cl. The lowest BCUT2D eigenvalue weighted by molar-refractivity contribution is -0.123. The van der Waals surface area contributed by atoms with Crippen LogP contribution < -0.4 is 15.4 Å². The average Bonchev–Trinajstić information content (AvgIpc) is 3.37. The highest BCUT2D eigenvalue weighted by atomic mass is 35.5. The molecular formula is C22H27ClFN5O4S2. The first-order chi connectivity index (χ1) is 16.6. The number of nitrogens with one attached hydrogen (secondary N) is 3. The van der Waals surface area contributed by atoms with Gasteiger partial charge in [-0.05, 0) is 43.4 Å². The van der Waals surface area contributed by atoms with Gasteiger partial charge in [-0.25, -0.2) is 22.5 Å². The number of carbonyl (C=O) groups excluding carboxylic acids is 2. The minimum atomic E-state index is -3.87. The van der Waals surface area contributed by atoms with Gasteiger partial charge in [0.25, 0.3) is 5.91 Å². The van der Waals surface area contributed by atoms with Crippen LogP contribution in [0.1, 0.15) is 43.6 Å². The Morgan fingerprint density at radius 1 is 1.23 bits per heavy atom. The summed E-state index contributed by atoms with van der Waals surface area (Å²) in [4.78, 5) is 30.1. The number of rotatable bonds is 12. The number of amides is 2. The molecule has 0 unspecified atom stereocenters. The number of unbranched alkanes of at least 4 members (excludes halogenated alkanes) is 1. The lowest BCUT2D eigenvalue weighted by Gasteiger charge is -2.19. The van der Waals surface area contributed by atoms with Crippen molar-refractivity contribution in [2.45, 2.75) is 44.0 Å². The van der Waals surface area contributed by atoms with Gasteiger partial charge < -0.3 is 10.6 Å². The van der Waals surface area contributed by atoms with Crippen LogP contribution >= 0.6 is 22.9 Å². The number of imidazole rings is 1. The molecule has 0 fully saturated rings. The average molecular weight is 544 g/mol. The molecule has 3 N–H and O–H groups in total. The zero-order valence-electron chi connectivity index (χ0n) is 19.3. The topological polar surface area (TPSA) is 122 Å². The van der Waals surface area contributed by atoms with E-state index < -0.39 is 27.8 Å². The maximum atomic E-state index is 13.1. The number of nitrogens with zero attached hydrogens (tertiary/aromatic N) is 2. The van der Waals surface area contributed by atoms with E-state index in [-0.39, 0.29) is 34.0 Å². The largest absolute Gasteiger partial charge is 0.354 e. The van der Waals surface area contributed by atoms with Crippen LogP contribution in [0.3, 0.4) is 0 Å². The molecule has 0 aliphatic carbocycles. The number of halogens is 2. The molecular weight excluding hydrogens is 517 g/mol. The third kappa shape index (κ3) is 7.47. The summed E-state index contributed by atoms with van der Waals surface area (Å²) in [6.45, 7) is 4.34. The molecule has 2 amide bonds. The molecule has 0 radical (unpaired) electrons. The number of thiazole rings is 1. The number of aromatic nitrogens is 2. The summed E-state index contributed by atoms with van der Waals surface area (Å²) in [5.41, 5.74) is 0.243. The maximum Gasteiger partial charge on any atom is 0.272 e. The number of fused-ring (bicyclic) bond motifs is 1. The van der Waals surface area contributed by atoms with E-state index in [2.05, 4.69) is 20.3 Å².